The fraction of sp³-hybridized carbons (Fsp3) is 0.818. The summed E-state index contributed by atoms with van der Waals surface area (Å²) >= 11 is 0. The van der Waals surface area contributed by atoms with E-state index in [1.54, 1.807) is 0 Å². The van der Waals surface area contributed by atoms with Gasteiger partial charge in [-0.3, -0.25) is 4.79 Å². The molecule has 0 saturated carbocycles. The van der Waals surface area contributed by atoms with Gasteiger partial charge in [0.1, 0.15) is 5.92 Å². The molecule has 3 atom stereocenters. The van der Waals surface area contributed by atoms with Crippen LogP contribution in [0.2, 0.25) is 0 Å². The summed E-state index contributed by atoms with van der Waals surface area (Å²) in [5.74, 6) is -1.64. The molecule has 0 aromatic heterocycles. The molecule has 1 heterocycles. The molecule has 104 valence electrons. The van der Waals surface area contributed by atoms with Crippen LogP contribution in [0.15, 0.2) is 0 Å². The monoisotopic (exact) mass is 260 g/mol. The van der Waals surface area contributed by atoms with Crippen LogP contribution in [0.25, 0.3) is 0 Å². The molecule has 18 heavy (non-hydrogen) atoms. The van der Waals surface area contributed by atoms with Crippen molar-refractivity contribution in [3.63, 3.8) is 0 Å². The lowest BCUT2D eigenvalue weighted by molar-refractivity contribution is -0.142. The molecule has 3 unspecified atom stereocenters. The first-order valence-corrected chi connectivity index (χ1v) is 6.01. The molecule has 1 saturated heterocycles. The lowest BCUT2D eigenvalue weighted by Gasteiger charge is -2.17. The number of ether oxygens (including phenoxy) is 2. The number of carbonyl (C=O) groups excluding carboxylic acids is 1. The minimum Gasteiger partial charge on any atom is -0.481 e. The van der Waals surface area contributed by atoms with Gasteiger partial charge in [0.2, 0.25) is 0 Å². The quantitative estimate of drug-likeness (QED) is 0.615. The first kappa shape index (κ1) is 14.7. The van der Waals surface area contributed by atoms with E-state index in [0.717, 1.165) is 0 Å². The van der Waals surface area contributed by atoms with E-state index in [2.05, 4.69) is 10.6 Å². The molecule has 0 radical (unpaired) electrons. The van der Waals surface area contributed by atoms with E-state index in [-0.39, 0.29) is 19.3 Å². The Morgan fingerprint density at radius 3 is 2.83 bits per heavy atom. The Labute approximate surface area is 106 Å². The average molecular weight is 260 g/mol. The van der Waals surface area contributed by atoms with Gasteiger partial charge in [-0.25, -0.2) is 4.79 Å². The molecule has 7 nitrogen and oxygen atoms in total. The van der Waals surface area contributed by atoms with Gasteiger partial charge in [0.15, 0.2) is 0 Å². The van der Waals surface area contributed by atoms with Crippen LogP contribution in [0.5, 0.6) is 0 Å². The lowest BCUT2D eigenvalue weighted by atomic mass is 10.0. The van der Waals surface area contributed by atoms with Crippen molar-refractivity contribution in [2.45, 2.75) is 26.0 Å². The van der Waals surface area contributed by atoms with Crippen molar-refractivity contribution in [3.8, 4) is 0 Å². The summed E-state index contributed by atoms with van der Waals surface area (Å²) in [7, 11) is 0. The standard InChI is InChI=1S/C11H20N2O5/c1-3-18-7(2)4-12-11(16)13-9-6-17-5-8(9)10(14)15/h7-9H,3-6H2,1-2H3,(H,14,15)(H2,12,13,16). The number of hydrogen-bond donors (Lipinski definition) is 3. The van der Waals surface area contributed by atoms with E-state index in [1.165, 1.54) is 0 Å². The van der Waals surface area contributed by atoms with Crippen LogP contribution in [0.3, 0.4) is 0 Å². The van der Waals surface area contributed by atoms with E-state index in [9.17, 15) is 9.59 Å². The van der Waals surface area contributed by atoms with Crippen LogP contribution in [-0.4, -0.2) is 55.6 Å². The third-order valence-electron chi connectivity index (χ3n) is 2.72. The highest BCUT2D eigenvalue weighted by molar-refractivity contribution is 5.77. The number of nitrogens with one attached hydrogen (secondary N) is 2. The first-order chi connectivity index (χ1) is 8.54. The second-order valence-electron chi connectivity index (χ2n) is 4.21. The van der Waals surface area contributed by atoms with Gasteiger partial charge in [-0.15, -0.1) is 0 Å². The third-order valence-corrected chi connectivity index (χ3v) is 2.72. The van der Waals surface area contributed by atoms with Crippen LogP contribution in [0.4, 0.5) is 4.79 Å². The summed E-state index contributed by atoms with van der Waals surface area (Å²) in [6.07, 6.45) is -0.0733. The van der Waals surface area contributed by atoms with Crippen LogP contribution >= 0.6 is 0 Å². The van der Waals surface area contributed by atoms with E-state index in [0.29, 0.717) is 13.2 Å². The Morgan fingerprint density at radius 2 is 2.22 bits per heavy atom. The number of urea groups is 1. The topological polar surface area (TPSA) is 96.9 Å². The minimum absolute atomic E-state index is 0.0733. The lowest BCUT2D eigenvalue weighted by Crippen LogP contribution is -2.48. The largest absolute Gasteiger partial charge is 0.481 e. The van der Waals surface area contributed by atoms with Gasteiger partial charge in [0.05, 0.1) is 25.4 Å². The smallest absolute Gasteiger partial charge is 0.315 e. The van der Waals surface area contributed by atoms with Crippen molar-refractivity contribution >= 4 is 12.0 Å². The molecular weight excluding hydrogens is 240 g/mol. The van der Waals surface area contributed by atoms with E-state index >= 15 is 0 Å². The highest BCUT2D eigenvalue weighted by Crippen LogP contribution is 2.13. The number of rotatable bonds is 6. The van der Waals surface area contributed by atoms with Gasteiger partial charge in [-0.2, -0.15) is 0 Å². The SMILES string of the molecule is CCOC(C)CNC(=O)NC1COCC1C(=O)O. The summed E-state index contributed by atoms with van der Waals surface area (Å²) < 4.78 is 10.3. The molecule has 1 aliphatic heterocycles. The molecule has 0 aliphatic carbocycles. The predicted molar refractivity (Wildman–Crippen MR) is 63.4 cm³/mol. The molecule has 0 bridgehead atoms. The molecule has 0 aromatic carbocycles. The first-order valence-electron chi connectivity index (χ1n) is 6.01. The molecular formula is C11H20N2O5. The maximum Gasteiger partial charge on any atom is 0.315 e. The Hall–Kier alpha value is -1.34. The normalized spacial score (nSPS) is 24.6. The van der Waals surface area contributed by atoms with Crippen LogP contribution < -0.4 is 10.6 Å². The Morgan fingerprint density at radius 1 is 1.50 bits per heavy atom. The highest BCUT2D eigenvalue weighted by Gasteiger charge is 2.34. The van der Waals surface area contributed by atoms with Gasteiger partial charge < -0.3 is 25.2 Å². The number of aliphatic carboxylic acids is 1. The zero-order valence-electron chi connectivity index (χ0n) is 10.6. The van der Waals surface area contributed by atoms with Crippen LogP contribution in [0, 0.1) is 5.92 Å². The molecule has 1 fully saturated rings. The number of carbonyl (C=O) groups is 2. The molecule has 7 heteroatoms. The second kappa shape index (κ2) is 7.17. The Kier molecular flexibility index (Phi) is 5.87. The zero-order chi connectivity index (χ0) is 13.5. The van der Waals surface area contributed by atoms with Crippen molar-refractivity contribution in [1.29, 1.82) is 0 Å². The predicted octanol–water partition coefficient (Wildman–Crippen LogP) is -0.190. The van der Waals surface area contributed by atoms with Gasteiger partial charge in [0.25, 0.3) is 0 Å². The summed E-state index contributed by atoms with van der Waals surface area (Å²) in [6.45, 7) is 5.06. The molecule has 2 amide bonds. The number of amides is 2. The summed E-state index contributed by atoms with van der Waals surface area (Å²) in [4.78, 5) is 22.4. The van der Waals surface area contributed by atoms with Gasteiger partial charge >= 0.3 is 12.0 Å². The number of carboxylic acid groups (broad SMARTS) is 1. The highest BCUT2D eigenvalue weighted by atomic mass is 16.5. The van der Waals surface area contributed by atoms with E-state index in [4.69, 9.17) is 14.6 Å². The summed E-state index contributed by atoms with van der Waals surface area (Å²) in [6, 6.07) is -0.881. The maximum atomic E-state index is 11.5. The minimum atomic E-state index is -0.958. The van der Waals surface area contributed by atoms with Gasteiger partial charge in [-0.05, 0) is 13.8 Å². The van der Waals surface area contributed by atoms with Gasteiger partial charge in [0, 0.05) is 13.2 Å². The average Bonchev–Trinajstić information content (AvgIpc) is 2.75. The number of hydrogen-bond acceptors (Lipinski definition) is 4. The second-order valence-corrected chi connectivity index (χ2v) is 4.21. The molecule has 1 aliphatic rings. The summed E-state index contributed by atoms with van der Waals surface area (Å²) in [5, 5.41) is 14.1. The molecule has 0 aromatic rings. The van der Waals surface area contributed by atoms with Crippen LogP contribution in [-0.2, 0) is 14.3 Å². The third kappa shape index (κ3) is 4.50. The van der Waals surface area contributed by atoms with Crippen molar-refractivity contribution < 1.29 is 24.2 Å². The molecule has 0 spiro atoms. The fourth-order valence-corrected chi connectivity index (χ4v) is 1.74. The van der Waals surface area contributed by atoms with Gasteiger partial charge in [-0.1, -0.05) is 0 Å². The number of carboxylic acids is 1. The molecule has 1 rings (SSSR count). The van der Waals surface area contributed by atoms with E-state index < -0.39 is 24.0 Å². The van der Waals surface area contributed by atoms with Crippen molar-refractivity contribution in [2.24, 2.45) is 5.92 Å². The fourth-order valence-electron chi connectivity index (χ4n) is 1.74. The maximum absolute atomic E-state index is 11.5. The van der Waals surface area contributed by atoms with Crippen molar-refractivity contribution in [3.05, 3.63) is 0 Å². The Balaban J connectivity index is 2.29. The zero-order valence-corrected chi connectivity index (χ0v) is 10.6. The Bertz CT molecular complexity index is 297. The van der Waals surface area contributed by atoms with Crippen molar-refractivity contribution in [2.75, 3.05) is 26.4 Å². The summed E-state index contributed by atoms with van der Waals surface area (Å²) in [5.41, 5.74) is 0. The van der Waals surface area contributed by atoms with Crippen LogP contribution in [0.1, 0.15) is 13.8 Å². The van der Waals surface area contributed by atoms with E-state index in [1.807, 2.05) is 13.8 Å². The van der Waals surface area contributed by atoms with Crippen molar-refractivity contribution in [1.82, 2.24) is 10.6 Å². The molecule has 3 N–H and O–H groups in total.